The summed E-state index contributed by atoms with van der Waals surface area (Å²) in [7, 11) is 0. The summed E-state index contributed by atoms with van der Waals surface area (Å²) < 4.78 is 0. The molecule has 21 heavy (non-hydrogen) atoms. The highest BCUT2D eigenvalue weighted by atomic mass is 35.5. The molecule has 2 rings (SSSR count). The second-order valence-electron chi connectivity index (χ2n) is 4.77. The van der Waals surface area contributed by atoms with Gasteiger partial charge in [-0.25, -0.2) is 0 Å². The summed E-state index contributed by atoms with van der Waals surface area (Å²) in [6, 6.07) is 14.3. The molecule has 0 aliphatic rings. The van der Waals surface area contributed by atoms with Crippen molar-refractivity contribution < 1.29 is 0 Å². The first-order chi connectivity index (χ1) is 10.2. The molecule has 1 nitrogen and oxygen atoms in total. The first kappa shape index (κ1) is 16.7. The summed E-state index contributed by atoms with van der Waals surface area (Å²) in [6.45, 7) is 3.08. The van der Waals surface area contributed by atoms with Crippen molar-refractivity contribution in [3.63, 3.8) is 0 Å². The Balaban J connectivity index is 2.50. The van der Waals surface area contributed by atoms with Crippen LogP contribution in [0.4, 0.5) is 0 Å². The minimum atomic E-state index is 0.0554. The van der Waals surface area contributed by atoms with Gasteiger partial charge in [0, 0.05) is 4.90 Å². The molecule has 1 atom stereocenters. The zero-order valence-corrected chi connectivity index (χ0v) is 14.5. The van der Waals surface area contributed by atoms with E-state index >= 15 is 0 Å². The van der Waals surface area contributed by atoms with E-state index < -0.39 is 0 Å². The Hall–Kier alpha value is -0.670. The van der Waals surface area contributed by atoms with Crippen LogP contribution in [0.15, 0.2) is 47.4 Å². The standard InChI is InChI=1S/C17H19Cl2NS/c1-3-11-20-17(12-7-4-5-10-15(12)21-2)13-8-6-9-14(18)16(13)19/h4-10,17,20H,3,11H2,1-2H3. The lowest BCUT2D eigenvalue weighted by molar-refractivity contribution is 0.592. The molecule has 1 unspecified atom stereocenters. The smallest absolute Gasteiger partial charge is 0.0643 e. The highest BCUT2D eigenvalue weighted by Gasteiger charge is 2.20. The van der Waals surface area contributed by atoms with Crippen LogP contribution in [0, 0.1) is 0 Å². The van der Waals surface area contributed by atoms with Crippen molar-refractivity contribution in [2.75, 3.05) is 12.8 Å². The Morgan fingerprint density at radius 3 is 2.48 bits per heavy atom. The zero-order valence-electron chi connectivity index (χ0n) is 12.2. The van der Waals surface area contributed by atoms with E-state index in [2.05, 4.69) is 42.8 Å². The molecule has 2 aromatic carbocycles. The van der Waals surface area contributed by atoms with Gasteiger partial charge in [0.25, 0.3) is 0 Å². The van der Waals surface area contributed by atoms with Crippen LogP contribution in [-0.4, -0.2) is 12.8 Å². The summed E-state index contributed by atoms with van der Waals surface area (Å²) in [6.07, 6.45) is 3.16. The molecule has 1 N–H and O–H groups in total. The van der Waals surface area contributed by atoms with E-state index in [0.717, 1.165) is 18.5 Å². The summed E-state index contributed by atoms with van der Waals surface area (Å²) >= 11 is 14.4. The largest absolute Gasteiger partial charge is 0.306 e. The van der Waals surface area contributed by atoms with E-state index in [-0.39, 0.29) is 6.04 Å². The average molecular weight is 340 g/mol. The summed E-state index contributed by atoms with van der Waals surface area (Å²) in [5.74, 6) is 0. The van der Waals surface area contributed by atoms with Crippen LogP contribution in [0.3, 0.4) is 0 Å². The van der Waals surface area contributed by atoms with Crippen molar-refractivity contribution >= 4 is 35.0 Å². The Bertz CT molecular complexity index is 601. The predicted octanol–water partition coefficient (Wildman–Crippen LogP) is 5.80. The maximum Gasteiger partial charge on any atom is 0.0643 e. The van der Waals surface area contributed by atoms with Gasteiger partial charge in [0.1, 0.15) is 0 Å². The quantitative estimate of drug-likeness (QED) is 0.667. The second-order valence-corrected chi connectivity index (χ2v) is 6.41. The van der Waals surface area contributed by atoms with Crippen LogP contribution in [0.2, 0.25) is 10.0 Å². The lowest BCUT2D eigenvalue weighted by Gasteiger charge is -2.23. The maximum absolute atomic E-state index is 6.43. The lowest BCUT2D eigenvalue weighted by Crippen LogP contribution is -2.24. The van der Waals surface area contributed by atoms with E-state index in [9.17, 15) is 0 Å². The molecule has 0 radical (unpaired) electrons. The molecular weight excluding hydrogens is 321 g/mol. The number of hydrogen-bond acceptors (Lipinski definition) is 2. The van der Waals surface area contributed by atoms with Crippen LogP contribution < -0.4 is 5.32 Å². The summed E-state index contributed by atoms with van der Waals surface area (Å²) in [5, 5.41) is 4.81. The van der Waals surface area contributed by atoms with Crippen LogP contribution in [0.1, 0.15) is 30.5 Å². The fourth-order valence-corrected chi connectivity index (χ4v) is 3.38. The van der Waals surface area contributed by atoms with Crippen LogP contribution in [0.25, 0.3) is 0 Å². The number of thioether (sulfide) groups is 1. The van der Waals surface area contributed by atoms with Gasteiger partial charge in [0.2, 0.25) is 0 Å². The molecular formula is C17H19Cl2NS. The van der Waals surface area contributed by atoms with Gasteiger partial charge in [0.15, 0.2) is 0 Å². The molecule has 0 aliphatic carbocycles. The van der Waals surface area contributed by atoms with Crippen LogP contribution in [0.5, 0.6) is 0 Å². The molecule has 0 amide bonds. The molecule has 0 saturated carbocycles. The molecule has 4 heteroatoms. The third-order valence-corrected chi connectivity index (χ3v) is 4.99. The SMILES string of the molecule is CCCNC(c1ccccc1SC)c1cccc(Cl)c1Cl. The van der Waals surface area contributed by atoms with Gasteiger partial charge in [-0.05, 0) is 42.5 Å². The fourth-order valence-electron chi connectivity index (χ4n) is 2.32. The minimum absolute atomic E-state index is 0.0554. The van der Waals surface area contributed by atoms with Gasteiger partial charge < -0.3 is 5.32 Å². The van der Waals surface area contributed by atoms with Crippen molar-refractivity contribution in [1.82, 2.24) is 5.32 Å². The molecule has 0 aromatic heterocycles. The van der Waals surface area contributed by atoms with Gasteiger partial charge in [-0.1, -0.05) is 60.5 Å². The topological polar surface area (TPSA) is 12.0 Å². The molecule has 0 spiro atoms. The van der Waals surface area contributed by atoms with E-state index in [1.165, 1.54) is 10.5 Å². The molecule has 0 heterocycles. The average Bonchev–Trinajstić information content (AvgIpc) is 2.52. The molecule has 0 bridgehead atoms. The summed E-state index contributed by atoms with van der Waals surface area (Å²) in [5.41, 5.74) is 2.27. The van der Waals surface area contributed by atoms with E-state index in [1.807, 2.05) is 18.2 Å². The maximum atomic E-state index is 6.43. The first-order valence-electron chi connectivity index (χ1n) is 6.99. The Morgan fingerprint density at radius 1 is 1.05 bits per heavy atom. The fraction of sp³-hybridized carbons (Fsp3) is 0.294. The highest BCUT2D eigenvalue weighted by molar-refractivity contribution is 7.98. The van der Waals surface area contributed by atoms with Crippen molar-refractivity contribution in [3.8, 4) is 0 Å². The third-order valence-electron chi connectivity index (χ3n) is 3.34. The Morgan fingerprint density at radius 2 is 1.76 bits per heavy atom. The van der Waals surface area contributed by atoms with Gasteiger partial charge >= 0.3 is 0 Å². The molecule has 0 aliphatic heterocycles. The zero-order chi connectivity index (χ0) is 15.2. The van der Waals surface area contributed by atoms with E-state index in [4.69, 9.17) is 23.2 Å². The molecule has 0 saturated heterocycles. The third kappa shape index (κ3) is 3.95. The van der Waals surface area contributed by atoms with Crippen molar-refractivity contribution in [3.05, 3.63) is 63.6 Å². The number of benzene rings is 2. The number of nitrogens with one attached hydrogen (secondary N) is 1. The predicted molar refractivity (Wildman–Crippen MR) is 94.8 cm³/mol. The van der Waals surface area contributed by atoms with Crippen molar-refractivity contribution in [2.45, 2.75) is 24.3 Å². The van der Waals surface area contributed by atoms with Crippen molar-refractivity contribution in [1.29, 1.82) is 0 Å². The first-order valence-corrected chi connectivity index (χ1v) is 8.97. The van der Waals surface area contributed by atoms with Gasteiger partial charge in [0.05, 0.1) is 16.1 Å². The van der Waals surface area contributed by atoms with Crippen LogP contribution in [-0.2, 0) is 0 Å². The normalized spacial score (nSPS) is 12.4. The monoisotopic (exact) mass is 339 g/mol. The molecule has 0 fully saturated rings. The second kappa shape index (κ2) is 8.09. The Kier molecular flexibility index (Phi) is 6.43. The Labute approximate surface area is 141 Å². The van der Waals surface area contributed by atoms with Crippen molar-refractivity contribution in [2.24, 2.45) is 0 Å². The number of hydrogen-bond donors (Lipinski definition) is 1. The molecule has 2 aromatic rings. The van der Waals surface area contributed by atoms with Crippen LogP contribution >= 0.6 is 35.0 Å². The summed E-state index contributed by atoms with van der Waals surface area (Å²) in [4.78, 5) is 1.25. The highest BCUT2D eigenvalue weighted by Crippen LogP contribution is 2.36. The van der Waals surface area contributed by atoms with Gasteiger partial charge in [-0.2, -0.15) is 0 Å². The van der Waals surface area contributed by atoms with Gasteiger partial charge in [-0.15, -0.1) is 11.8 Å². The number of rotatable bonds is 6. The van der Waals surface area contributed by atoms with E-state index in [1.54, 1.807) is 11.8 Å². The van der Waals surface area contributed by atoms with Gasteiger partial charge in [-0.3, -0.25) is 0 Å². The molecule has 112 valence electrons. The minimum Gasteiger partial charge on any atom is -0.306 e. The number of halogens is 2. The lowest BCUT2D eigenvalue weighted by atomic mass is 9.98. The van der Waals surface area contributed by atoms with E-state index in [0.29, 0.717) is 10.0 Å².